The first kappa shape index (κ1) is 23.7. The van der Waals surface area contributed by atoms with E-state index in [-0.39, 0.29) is 11.6 Å². The van der Waals surface area contributed by atoms with Gasteiger partial charge in [-0.25, -0.2) is 4.99 Å². The average molecular weight is 530 g/mol. The van der Waals surface area contributed by atoms with Crippen LogP contribution in [0.2, 0.25) is 0 Å². The molecule has 5 aromatic rings. The molecule has 7 rings (SSSR count). The van der Waals surface area contributed by atoms with Gasteiger partial charge in [-0.15, -0.1) is 6.58 Å². The molecule has 192 valence electrons. The molecular weight excluding hydrogens is 502 g/mol. The maximum Gasteiger partial charge on any atom is 0.271 e. The van der Waals surface area contributed by atoms with Gasteiger partial charge in [0.15, 0.2) is 4.80 Å². The summed E-state index contributed by atoms with van der Waals surface area (Å²) in [4.78, 5) is 20.0. The lowest BCUT2D eigenvalue weighted by Gasteiger charge is -2.31. The summed E-state index contributed by atoms with van der Waals surface area (Å²) in [6.45, 7) is 4.61. The fourth-order valence-corrected chi connectivity index (χ4v) is 6.95. The van der Waals surface area contributed by atoms with E-state index in [0.29, 0.717) is 11.1 Å². The molecule has 6 heteroatoms. The van der Waals surface area contributed by atoms with Crippen molar-refractivity contribution in [2.75, 3.05) is 7.11 Å². The number of hydrogen-bond donors (Lipinski definition) is 0. The second-order valence-corrected chi connectivity index (χ2v) is 10.9. The molecule has 1 aliphatic heterocycles. The van der Waals surface area contributed by atoms with Crippen molar-refractivity contribution in [1.82, 2.24) is 9.13 Å². The van der Waals surface area contributed by atoms with Crippen LogP contribution in [0, 0.1) is 0 Å². The first-order valence-electron chi connectivity index (χ1n) is 13.1. The van der Waals surface area contributed by atoms with Gasteiger partial charge in [-0.1, -0.05) is 72.0 Å². The maximum atomic E-state index is 14.2. The summed E-state index contributed by atoms with van der Waals surface area (Å²) in [6.07, 6.45) is 7.80. The van der Waals surface area contributed by atoms with Crippen molar-refractivity contribution < 1.29 is 4.74 Å². The Morgan fingerprint density at radius 3 is 2.79 bits per heavy atom. The number of para-hydroxylation sites is 1. The topological polar surface area (TPSA) is 48.5 Å². The van der Waals surface area contributed by atoms with Gasteiger partial charge in [0, 0.05) is 34.8 Å². The molecule has 39 heavy (non-hydrogen) atoms. The minimum Gasteiger partial charge on any atom is -0.497 e. The number of methoxy groups -OCH3 is 1. The van der Waals surface area contributed by atoms with Crippen LogP contribution in [0.1, 0.15) is 34.7 Å². The lowest BCUT2D eigenvalue weighted by Crippen LogP contribution is -2.38. The van der Waals surface area contributed by atoms with Gasteiger partial charge in [-0.3, -0.25) is 9.36 Å². The van der Waals surface area contributed by atoms with E-state index in [1.165, 1.54) is 22.5 Å². The van der Waals surface area contributed by atoms with Crippen LogP contribution in [0.15, 0.2) is 107 Å². The molecule has 3 heterocycles. The van der Waals surface area contributed by atoms with Crippen LogP contribution in [0.4, 0.5) is 0 Å². The van der Waals surface area contributed by atoms with E-state index in [1.807, 2.05) is 47.1 Å². The number of rotatable bonds is 5. The minimum absolute atomic E-state index is 0.0162. The number of fused-ring (bicyclic) bond motifs is 4. The van der Waals surface area contributed by atoms with Crippen molar-refractivity contribution >= 4 is 34.0 Å². The molecule has 5 nitrogen and oxygen atoms in total. The van der Waals surface area contributed by atoms with Crippen LogP contribution in [0.25, 0.3) is 22.7 Å². The molecule has 2 aromatic heterocycles. The lowest BCUT2D eigenvalue weighted by molar-refractivity contribution is 0.413. The maximum absolute atomic E-state index is 14.2. The second-order valence-electron chi connectivity index (χ2n) is 9.93. The van der Waals surface area contributed by atoms with Gasteiger partial charge in [0.1, 0.15) is 5.75 Å². The smallest absolute Gasteiger partial charge is 0.271 e. The van der Waals surface area contributed by atoms with Crippen LogP contribution >= 0.6 is 11.3 Å². The van der Waals surface area contributed by atoms with Gasteiger partial charge < -0.3 is 9.30 Å². The van der Waals surface area contributed by atoms with Gasteiger partial charge in [-0.2, -0.15) is 0 Å². The molecular formula is C33H27N3O2S. The predicted molar refractivity (Wildman–Crippen MR) is 158 cm³/mol. The Hall–Kier alpha value is -4.42. The van der Waals surface area contributed by atoms with Crippen molar-refractivity contribution in [3.8, 4) is 5.75 Å². The van der Waals surface area contributed by atoms with Gasteiger partial charge in [-0.05, 0) is 53.8 Å². The Morgan fingerprint density at radius 1 is 1.08 bits per heavy atom. The lowest BCUT2D eigenvalue weighted by atomic mass is 9.83. The molecule has 0 amide bonds. The third-order valence-electron chi connectivity index (χ3n) is 7.71. The highest BCUT2D eigenvalue weighted by atomic mass is 32.1. The van der Waals surface area contributed by atoms with E-state index in [9.17, 15) is 4.79 Å². The van der Waals surface area contributed by atoms with Crippen LogP contribution in [-0.2, 0) is 13.0 Å². The zero-order valence-electron chi connectivity index (χ0n) is 21.6. The Morgan fingerprint density at radius 2 is 1.92 bits per heavy atom. The number of benzene rings is 3. The molecule has 0 radical (unpaired) electrons. The Balaban J connectivity index is 1.49. The first-order chi connectivity index (χ1) is 19.2. The molecule has 1 atom stereocenters. The number of aryl methyl sites for hydroxylation is 1. The average Bonchev–Trinajstić information content (AvgIpc) is 3.48. The highest BCUT2D eigenvalue weighted by molar-refractivity contribution is 7.07. The summed E-state index contributed by atoms with van der Waals surface area (Å²) in [6, 6.07) is 24.6. The number of nitrogens with zero attached hydrogens (tertiary/aromatic N) is 3. The number of allylic oxidation sites excluding steroid dienone is 2. The van der Waals surface area contributed by atoms with Crippen molar-refractivity contribution in [2.45, 2.75) is 25.4 Å². The predicted octanol–water partition coefficient (Wildman–Crippen LogP) is 5.47. The van der Waals surface area contributed by atoms with Crippen LogP contribution in [-0.4, -0.2) is 16.2 Å². The first-order valence-corrected chi connectivity index (χ1v) is 13.9. The van der Waals surface area contributed by atoms with Crippen molar-refractivity contribution in [3.63, 3.8) is 0 Å². The fraction of sp³-hybridized carbons (Fsp3) is 0.152. The summed E-state index contributed by atoms with van der Waals surface area (Å²) >= 11 is 1.46. The highest BCUT2D eigenvalue weighted by Crippen LogP contribution is 2.41. The van der Waals surface area contributed by atoms with Crippen molar-refractivity contribution in [3.05, 3.63) is 139 Å². The summed E-state index contributed by atoms with van der Waals surface area (Å²) in [5.74, 6) is 0.778. The number of hydrogen-bond acceptors (Lipinski definition) is 4. The van der Waals surface area contributed by atoms with Gasteiger partial charge >= 0.3 is 0 Å². The molecule has 0 unspecified atom stereocenters. The molecule has 3 aromatic carbocycles. The fourth-order valence-electron chi connectivity index (χ4n) is 5.96. The molecule has 1 aliphatic carbocycles. The number of ether oxygens (including phenoxy) is 1. The van der Waals surface area contributed by atoms with E-state index >= 15 is 0 Å². The SMILES string of the molecule is C=CCn1cc(/C=c2/sc3n(c2=O)[C@H](c2cccc(OC)c2)C2=C(N=3)c3ccccc3CC2)c2ccccc21. The third-order valence-corrected chi connectivity index (χ3v) is 8.70. The van der Waals surface area contributed by atoms with Crippen molar-refractivity contribution in [2.24, 2.45) is 4.99 Å². The zero-order valence-corrected chi connectivity index (χ0v) is 22.4. The number of thiazole rings is 1. The largest absolute Gasteiger partial charge is 0.497 e. The van der Waals surface area contributed by atoms with Crippen molar-refractivity contribution in [1.29, 1.82) is 0 Å². The Bertz CT molecular complexity index is 1990. The third kappa shape index (κ3) is 3.82. The number of aromatic nitrogens is 2. The zero-order chi connectivity index (χ0) is 26.5. The van der Waals surface area contributed by atoms with E-state index < -0.39 is 0 Å². The van der Waals surface area contributed by atoms with Gasteiger partial charge in [0.2, 0.25) is 0 Å². The normalized spacial score (nSPS) is 16.4. The van der Waals surface area contributed by atoms with Gasteiger partial charge in [0.25, 0.3) is 5.56 Å². The van der Waals surface area contributed by atoms with Crippen LogP contribution < -0.4 is 19.6 Å². The minimum atomic E-state index is -0.232. The monoisotopic (exact) mass is 529 g/mol. The molecule has 0 N–H and O–H groups in total. The Kier molecular flexibility index (Phi) is 5.71. The standard InChI is InChI=1S/C33H27N3O2S/c1-3-17-35-20-23(25-12-6-7-14-28(25)35)19-29-32(37)36-31(22-10-8-11-24(18-22)38-2)27-16-15-21-9-4-5-13-26(21)30(27)34-33(36)39-29/h3-14,18-20,31H,1,15-17H2,2H3/b29-19+/t31-/m1/s1. The summed E-state index contributed by atoms with van der Waals surface area (Å²) in [7, 11) is 1.68. The van der Waals surface area contributed by atoms with Crippen LogP contribution in [0.3, 0.4) is 0 Å². The van der Waals surface area contributed by atoms with E-state index in [2.05, 4.69) is 59.8 Å². The molecule has 0 saturated heterocycles. The molecule has 0 fully saturated rings. The molecule has 0 saturated carbocycles. The Labute approximate surface area is 230 Å². The second kappa shape index (κ2) is 9.40. The van der Waals surface area contributed by atoms with E-state index in [1.54, 1.807) is 7.11 Å². The summed E-state index contributed by atoms with van der Waals surface area (Å²) < 4.78 is 10.3. The van der Waals surface area contributed by atoms with E-state index in [4.69, 9.17) is 9.73 Å². The quantitative estimate of drug-likeness (QED) is 0.284. The molecule has 0 spiro atoms. The van der Waals surface area contributed by atoms with Gasteiger partial charge in [0.05, 0.1) is 23.4 Å². The highest BCUT2D eigenvalue weighted by Gasteiger charge is 2.32. The van der Waals surface area contributed by atoms with E-state index in [0.717, 1.165) is 56.7 Å². The summed E-state index contributed by atoms with van der Waals surface area (Å²) in [5.41, 5.74) is 7.81. The summed E-state index contributed by atoms with van der Waals surface area (Å²) in [5, 5.41) is 1.11. The molecule has 2 aliphatic rings. The molecule has 0 bridgehead atoms. The van der Waals surface area contributed by atoms with Crippen LogP contribution in [0.5, 0.6) is 5.75 Å².